The Kier molecular flexibility index (Phi) is 6.25. The van der Waals surface area contributed by atoms with Gasteiger partial charge in [-0.2, -0.15) is 4.98 Å². The Bertz CT molecular complexity index is 917. The van der Waals surface area contributed by atoms with E-state index in [0.717, 1.165) is 48.5 Å². The van der Waals surface area contributed by atoms with Crippen molar-refractivity contribution in [2.24, 2.45) is 0 Å². The first-order chi connectivity index (χ1) is 14.2. The molecule has 1 aliphatic carbocycles. The highest BCUT2D eigenvalue weighted by Gasteiger charge is 2.21. The summed E-state index contributed by atoms with van der Waals surface area (Å²) in [6.45, 7) is 1.05. The number of hydrogen-bond donors (Lipinski definition) is 2. The number of benzene rings is 2. The molecule has 0 saturated heterocycles. The van der Waals surface area contributed by atoms with E-state index in [2.05, 4.69) is 58.0 Å². The van der Waals surface area contributed by atoms with Crippen LogP contribution in [0.4, 0.5) is 11.8 Å². The van der Waals surface area contributed by atoms with Crippen molar-refractivity contribution in [3.8, 4) is 0 Å². The zero-order chi connectivity index (χ0) is 20.1. The van der Waals surface area contributed by atoms with Crippen molar-refractivity contribution in [3.63, 3.8) is 0 Å². The fourth-order valence-corrected chi connectivity index (χ4v) is 4.16. The molecule has 1 fully saturated rings. The lowest BCUT2D eigenvalue weighted by Gasteiger charge is -2.30. The molecule has 1 aromatic heterocycles. The Labute approximate surface area is 173 Å². The molecule has 0 spiro atoms. The Balaban J connectivity index is 1.30. The van der Waals surface area contributed by atoms with E-state index < -0.39 is 0 Å². The predicted octanol–water partition coefficient (Wildman–Crippen LogP) is 4.25. The lowest BCUT2D eigenvalue weighted by molar-refractivity contribution is 0.355. The second-order valence-corrected chi connectivity index (χ2v) is 8.17. The van der Waals surface area contributed by atoms with Crippen LogP contribution in [0, 0.1) is 0 Å². The van der Waals surface area contributed by atoms with Crippen LogP contribution in [0.5, 0.6) is 0 Å². The van der Waals surface area contributed by atoms with Crippen molar-refractivity contribution in [3.05, 3.63) is 60.2 Å². The van der Waals surface area contributed by atoms with Crippen LogP contribution in [0.3, 0.4) is 0 Å². The van der Waals surface area contributed by atoms with Gasteiger partial charge in [0.15, 0.2) is 0 Å². The van der Waals surface area contributed by atoms with Crippen molar-refractivity contribution < 1.29 is 0 Å². The molecule has 1 heterocycles. The summed E-state index contributed by atoms with van der Waals surface area (Å²) in [5.74, 6) is 1.71. The average molecular weight is 390 g/mol. The largest absolute Gasteiger partial charge is 0.362 e. The van der Waals surface area contributed by atoms with Gasteiger partial charge in [0, 0.05) is 31.6 Å². The minimum absolute atomic E-state index is 0.443. The average Bonchev–Trinajstić information content (AvgIpc) is 2.75. The minimum atomic E-state index is 0.443. The van der Waals surface area contributed by atoms with E-state index >= 15 is 0 Å². The predicted molar refractivity (Wildman–Crippen MR) is 122 cm³/mol. The number of aromatic nitrogens is 2. The van der Waals surface area contributed by atoms with E-state index in [1.165, 1.54) is 18.4 Å². The van der Waals surface area contributed by atoms with Gasteiger partial charge in [-0.05, 0) is 56.3 Å². The number of para-hydroxylation sites is 1. The molecule has 2 N–H and O–H groups in total. The van der Waals surface area contributed by atoms with Gasteiger partial charge in [0.2, 0.25) is 5.95 Å². The second-order valence-electron chi connectivity index (χ2n) is 8.17. The topological polar surface area (TPSA) is 53.1 Å². The number of anilines is 2. The summed E-state index contributed by atoms with van der Waals surface area (Å²) in [6.07, 6.45) is 5.78. The van der Waals surface area contributed by atoms with Crippen LogP contribution in [0.15, 0.2) is 54.6 Å². The molecule has 152 valence electrons. The smallest absolute Gasteiger partial charge is 0.225 e. The van der Waals surface area contributed by atoms with Crippen molar-refractivity contribution in [2.75, 3.05) is 30.9 Å². The van der Waals surface area contributed by atoms with Crippen molar-refractivity contribution in [1.29, 1.82) is 0 Å². The third-order valence-corrected chi connectivity index (χ3v) is 5.76. The Hall–Kier alpha value is -2.66. The summed E-state index contributed by atoms with van der Waals surface area (Å²) in [5.41, 5.74) is 2.39. The number of fused-ring (bicyclic) bond motifs is 1. The van der Waals surface area contributed by atoms with Crippen LogP contribution in [0.1, 0.15) is 31.2 Å². The molecule has 5 heteroatoms. The lowest BCUT2D eigenvalue weighted by atomic mass is 9.91. The molecular formula is C24H31N5. The highest BCUT2D eigenvalue weighted by atomic mass is 15.2. The molecule has 1 aliphatic rings. The first-order valence-corrected chi connectivity index (χ1v) is 10.7. The maximum atomic E-state index is 4.78. The van der Waals surface area contributed by atoms with Gasteiger partial charge in [-0.25, -0.2) is 4.98 Å². The quantitative estimate of drug-likeness (QED) is 0.633. The molecule has 0 amide bonds. The molecule has 29 heavy (non-hydrogen) atoms. The third-order valence-electron chi connectivity index (χ3n) is 5.76. The molecule has 2 aromatic carbocycles. The van der Waals surface area contributed by atoms with Crippen molar-refractivity contribution in [1.82, 2.24) is 15.3 Å². The summed E-state index contributed by atoms with van der Waals surface area (Å²) >= 11 is 0. The number of nitrogens with zero attached hydrogens (tertiary/aromatic N) is 3. The maximum Gasteiger partial charge on any atom is 0.225 e. The first-order valence-electron chi connectivity index (χ1n) is 10.7. The lowest BCUT2D eigenvalue weighted by Crippen LogP contribution is -2.38. The zero-order valence-electron chi connectivity index (χ0n) is 17.4. The number of rotatable bonds is 7. The van der Waals surface area contributed by atoms with Crippen molar-refractivity contribution in [2.45, 2.75) is 44.2 Å². The third kappa shape index (κ3) is 5.04. The van der Waals surface area contributed by atoms with E-state index in [-0.39, 0.29) is 0 Å². The van der Waals surface area contributed by atoms with Crippen LogP contribution in [-0.4, -0.2) is 42.7 Å². The fourth-order valence-electron chi connectivity index (χ4n) is 4.16. The Morgan fingerprint density at radius 3 is 2.31 bits per heavy atom. The van der Waals surface area contributed by atoms with E-state index in [9.17, 15) is 0 Å². The molecule has 0 atom stereocenters. The van der Waals surface area contributed by atoms with E-state index in [0.29, 0.717) is 12.1 Å². The minimum Gasteiger partial charge on any atom is -0.362 e. The fraction of sp³-hybridized carbons (Fsp3) is 0.417. The standard InChI is InChI=1S/C24H31N5/c1-29(2)23-21-10-6-7-11-22(21)27-24(28-23)26-20-14-12-19(13-15-20)25-17-16-18-8-4-3-5-9-18/h3-11,19-20,25H,12-17H2,1-2H3,(H,26,27,28). The summed E-state index contributed by atoms with van der Waals surface area (Å²) in [4.78, 5) is 11.6. The number of nitrogens with one attached hydrogen (secondary N) is 2. The van der Waals surface area contributed by atoms with Crippen LogP contribution in [-0.2, 0) is 6.42 Å². The summed E-state index contributed by atoms with van der Waals surface area (Å²) in [6, 6.07) is 20.0. The SMILES string of the molecule is CN(C)c1nc(NC2CCC(NCCc3ccccc3)CC2)nc2ccccc12. The zero-order valence-corrected chi connectivity index (χ0v) is 17.4. The van der Waals surface area contributed by atoms with E-state index in [4.69, 9.17) is 9.97 Å². The summed E-state index contributed by atoms with van der Waals surface area (Å²) < 4.78 is 0. The summed E-state index contributed by atoms with van der Waals surface area (Å²) in [7, 11) is 4.07. The van der Waals surface area contributed by atoms with E-state index in [1.54, 1.807) is 0 Å². The molecule has 0 aliphatic heterocycles. The van der Waals surface area contributed by atoms with Crippen LogP contribution >= 0.6 is 0 Å². The highest BCUT2D eigenvalue weighted by Crippen LogP contribution is 2.26. The molecule has 5 nitrogen and oxygen atoms in total. The monoisotopic (exact) mass is 389 g/mol. The maximum absolute atomic E-state index is 4.78. The van der Waals surface area contributed by atoms with Crippen LogP contribution in [0.2, 0.25) is 0 Å². The van der Waals surface area contributed by atoms with Gasteiger partial charge >= 0.3 is 0 Å². The normalized spacial score (nSPS) is 19.2. The second kappa shape index (κ2) is 9.23. The van der Waals surface area contributed by atoms with Gasteiger partial charge < -0.3 is 15.5 Å². The molecule has 3 aromatic rings. The molecule has 4 rings (SSSR count). The molecule has 0 unspecified atom stereocenters. The van der Waals surface area contributed by atoms with Gasteiger partial charge in [0.05, 0.1) is 5.52 Å². The Morgan fingerprint density at radius 2 is 1.55 bits per heavy atom. The van der Waals surface area contributed by atoms with Gasteiger partial charge in [-0.1, -0.05) is 42.5 Å². The summed E-state index contributed by atoms with van der Waals surface area (Å²) in [5, 5.41) is 8.42. The first kappa shape index (κ1) is 19.6. The van der Waals surface area contributed by atoms with Gasteiger partial charge in [-0.15, -0.1) is 0 Å². The van der Waals surface area contributed by atoms with E-state index in [1.807, 2.05) is 26.2 Å². The molecule has 0 bridgehead atoms. The van der Waals surface area contributed by atoms with Crippen LogP contribution in [0.25, 0.3) is 10.9 Å². The van der Waals surface area contributed by atoms with Gasteiger partial charge in [0.1, 0.15) is 5.82 Å². The number of hydrogen-bond acceptors (Lipinski definition) is 5. The van der Waals surface area contributed by atoms with Gasteiger partial charge in [0.25, 0.3) is 0 Å². The molecule has 0 radical (unpaired) electrons. The van der Waals surface area contributed by atoms with Gasteiger partial charge in [-0.3, -0.25) is 0 Å². The van der Waals surface area contributed by atoms with Crippen LogP contribution < -0.4 is 15.5 Å². The van der Waals surface area contributed by atoms with Crippen molar-refractivity contribution >= 4 is 22.7 Å². The highest BCUT2D eigenvalue weighted by molar-refractivity contribution is 5.90. The molecule has 1 saturated carbocycles. The molecular weight excluding hydrogens is 358 g/mol. The Morgan fingerprint density at radius 1 is 0.862 bits per heavy atom.